The number of benzene rings is 2. The van der Waals surface area contributed by atoms with E-state index in [4.69, 9.17) is 5.84 Å². The standard InChI is InChI=1S/C22H24N3O2S/c1-15(2)12-20(21-25(22(27)24-23)19(13-26)14-28-21)18-10-8-17(9-11-18)16-6-4-3-5-7-16/h3-11,14-15,20-21H,12,23H2,1-2H3,(H,24,27). The highest BCUT2D eigenvalue weighted by molar-refractivity contribution is 8.03. The first kappa shape index (κ1) is 20.2. The number of carbonyl (C=O) groups excluding carboxylic acids is 2. The molecule has 28 heavy (non-hydrogen) atoms. The summed E-state index contributed by atoms with van der Waals surface area (Å²) >= 11 is 1.46. The van der Waals surface area contributed by atoms with E-state index in [9.17, 15) is 9.59 Å². The van der Waals surface area contributed by atoms with Crippen molar-refractivity contribution in [3.63, 3.8) is 0 Å². The zero-order valence-corrected chi connectivity index (χ0v) is 16.8. The molecule has 145 valence electrons. The van der Waals surface area contributed by atoms with Gasteiger partial charge in [-0.2, -0.15) is 0 Å². The van der Waals surface area contributed by atoms with Crippen LogP contribution in [0.15, 0.2) is 65.7 Å². The Kier molecular flexibility index (Phi) is 6.54. The van der Waals surface area contributed by atoms with Gasteiger partial charge in [0.2, 0.25) is 0 Å². The van der Waals surface area contributed by atoms with E-state index in [2.05, 4.69) is 55.7 Å². The molecule has 5 nitrogen and oxygen atoms in total. The van der Waals surface area contributed by atoms with Crippen molar-refractivity contribution in [2.45, 2.75) is 31.6 Å². The molecule has 0 saturated carbocycles. The SMILES string of the molecule is CC(C)CC(c1ccc(-c2ccccc2)cc1)C1SC=C([C]=O)N1C(=O)NN. The van der Waals surface area contributed by atoms with E-state index in [0.29, 0.717) is 5.92 Å². The van der Waals surface area contributed by atoms with Gasteiger partial charge >= 0.3 is 6.03 Å². The lowest BCUT2D eigenvalue weighted by Crippen LogP contribution is -2.47. The van der Waals surface area contributed by atoms with Gasteiger partial charge in [-0.1, -0.05) is 68.4 Å². The molecular formula is C22H24N3O2S. The van der Waals surface area contributed by atoms with Gasteiger partial charge in [0.1, 0.15) is 5.70 Å². The van der Waals surface area contributed by atoms with Crippen LogP contribution in [0.3, 0.4) is 0 Å². The quantitative estimate of drug-likeness (QED) is 0.433. The molecule has 2 amide bonds. The summed E-state index contributed by atoms with van der Waals surface area (Å²) < 4.78 is 0. The van der Waals surface area contributed by atoms with Crippen molar-refractivity contribution in [3.05, 3.63) is 71.3 Å². The monoisotopic (exact) mass is 394 g/mol. The van der Waals surface area contributed by atoms with Crippen molar-refractivity contribution >= 4 is 24.1 Å². The first-order valence-corrected chi connectivity index (χ1v) is 10.2. The Labute approximate surface area is 170 Å². The Morgan fingerprint density at radius 2 is 1.79 bits per heavy atom. The topological polar surface area (TPSA) is 75.4 Å². The summed E-state index contributed by atoms with van der Waals surface area (Å²) in [6, 6.07) is 18.1. The van der Waals surface area contributed by atoms with Gasteiger partial charge in [0.15, 0.2) is 0 Å². The highest BCUT2D eigenvalue weighted by Gasteiger charge is 2.38. The fraction of sp³-hybridized carbons (Fsp3) is 0.273. The average molecular weight is 395 g/mol. The molecule has 1 heterocycles. The molecule has 1 radical (unpaired) electrons. The zero-order valence-electron chi connectivity index (χ0n) is 16.0. The second-order valence-corrected chi connectivity index (χ2v) is 8.17. The van der Waals surface area contributed by atoms with Gasteiger partial charge in [0.05, 0.1) is 5.37 Å². The lowest BCUT2D eigenvalue weighted by molar-refractivity contribution is 0.204. The van der Waals surface area contributed by atoms with Crippen molar-refractivity contribution in [1.82, 2.24) is 10.3 Å². The Bertz CT molecular complexity index is 850. The maximum atomic E-state index is 12.3. The number of hydrazine groups is 1. The number of nitrogens with two attached hydrogens (primary N) is 1. The van der Waals surface area contributed by atoms with Gasteiger partial charge in [-0.15, -0.1) is 11.8 Å². The summed E-state index contributed by atoms with van der Waals surface area (Å²) in [4.78, 5) is 25.0. The van der Waals surface area contributed by atoms with Crippen LogP contribution in [0.1, 0.15) is 31.7 Å². The molecule has 2 aromatic carbocycles. The number of amides is 2. The third-order valence-corrected chi connectivity index (χ3v) is 5.97. The summed E-state index contributed by atoms with van der Waals surface area (Å²) in [5.41, 5.74) is 5.79. The Morgan fingerprint density at radius 3 is 2.36 bits per heavy atom. The number of thioether (sulfide) groups is 1. The molecule has 3 rings (SSSR count). The Hall–Kier alpha value is -2.57. The largest absolute Gasteiger partial charge is 0.337 e. The molecule has 0 aromatic heterocycles. The second-order valence-electron chi connectivity index (χ2n) is 7.18. The van der Waals surface area contributed by atoms with E-state index < -0.39 is 6.03 Å². The number of nitrogens with one attached hydrogen (secondary N) is 1. The van der Waals surface area contributed by atoms with Gasteiger partial charge in [-0.25, -0.2) is 10.6 Å². The third-order valence-electron chi connectivity index (χ3n) is 4.80. The van der Waals surface area contributed by atoms with Crippen molar-refractivity contribution < 1.29 is 9.59 Å². The minimum atomic E-state index is -0.501. The van der Waals surface area contributed by atoms with Gasteiger partial charge in [0, 0.05) is 11.3 Å². The number of nitrogens with zero attached hydrogens (tertiary/aromatic N) is 1. The smallest absolute Gasteiger partial charge is 0.283 e. The summed E-state index contributed by atoms with van der Waals surface area (Å²) in [5.74, 6) is 5.82. The molecular weight excluding hydrogens is 370 g/mol. The third kappa shape index (κ3) is 4.29. The number of hydrogen-bond acceptors (Lipinski definition) is 4. The number of hydrogen-bond donors (Lipinski definition) is 2. The van der Waals surface area contributed by atoms with Gasteiger partial charge in [-0.05, 0) is 29.0 Å². The van der Waals surface area contributed by atoms with Crippen molar-refractivity contribution in [2.24, 2.45) is 11.8 Å². The summed E-state index contributed by atoms with van der Waals surface area (Å²) in [5, 5.41) is 1.43. The zero-order chi connectivity index (χ0) is 20.1. The highest BCUT2D eigenvalue weighted by atomic mass is 32.2. The van der Waals surface area contributed by atoms with Crippen LogP contribution >= 0.6 is 11.8 Å². The molecule has 0 aliphatic carbocycles. The summed E-state index contributed by atoms with van der Waals surface area (Å²) in [6.45, 7) is 4.30. The van der Waals surface area contributed by atoms with Crippen LogP contribution in [0.5, 0.6) is 0 Å². The van der Waals surface area contributed by atoms with E-state index in [1.807, 2.05) is 24.5 Å². The lowest BCUT2D eigenvalue weighted by atomic mass is 9.88. The predicted molar refractivity (Wildman–Crippen MR) is 114 cm³/mol. The summed E-state index contributed by atoms with van der Waals surface area (Å²) in [6.07, 6.45) is 2.72. The van der Waals surface area contributed by atoms with Gasteiger partial charge in [-0.3, -0.25) is 15.1 Å². The molecule has 0 saturated heterocycles. The van der Waals surface area contributed by atoms with Crippen LogP contribution in [0, 0.1) is 5.92 Å². The van der Waals surface area contributed by atoms with E-state index in [0.717, 1.165) is 23.1 Å². The normalized spacial score (nSPS) is 17.4. The number of allylic oxidation sites excluding steroid dienone is 1. The molecule has 2 atom stereocenters. The van der Waals surface area contributed by atoms with Gasteiger partial charge in [0.25, 0.3) is 6.29 Å². The number of carbonyl (C=O) groups is 1. The minimum Gasteiger partial charge on any atom is -0.283 e. The summed E-state index contributed by atoms with van der Waals surface area (Å²) in [7, 11) is 0. The van der Waals surface area contributed by atoms with Crippen LogP contribution in [-0.2, 0) is 4.79 Å². The van der Waals surface area contributed by atoms with Crippen molar-refractivity contribution in [1.29, 1.82) is 0 Å². The van der Waals surface area contributed by atoms with Crippen LogP contribution < -0.4 is 11.3 Å². The van der Waals surface area contributed by atoms with E-state index in [1.165, 1.54) is 16.7 Å². The second kappa shape index (κ2) is 9.08. The number of urea groups is 1. The van der Waals surface area contributed by atoms with Crippen LogP contribution in [0.2, 0.25) is 0 Å². The maximum Gasteiger partial charge on any atom is 0.337 e. The number of rotatable bonds is 6. The lowest BCUT2D eigenvalue weighted by Gasteiger charge is -2.32. The molecule has 6 heteroatoms. The predicted octanol–water partition coefficient (Wildman–Crippen LogP) is 4.39. The fourth-order valence-electron chi connectivity index (χ4n) is 3.51. The first-order valence-electron chi connectivity index (χ1n) is 9.24. The van der Waals surface area contributed by atoms with E-state index in [-0.39, 0.29) is 17.0 Å². The Morgan fingerprint density at radius 1 is 1.14 bits per heavy atom. The highest BCUT2D eigenvalue weighted by Crippen LogP contribution is 2.42. The van der Waals surface area contributed by atoms with Crippen LogP contribution in [0.25, 0.3) is 11.1 Å². The van der Waals surface area contributed by atoms with E-state index >= 15 is 0 Å². The molecule has 1 aliphatic heterocycles. The molecule has 1 aliphatic rings. The Balaban J connectivity index is 1.92. The van der Waals surface area contributed by atoms with Gasteiger partial charge < -0.3 is 0 Å². The minimum absolute atomic E-state index is 0.0502. The van der Waals surface area contributed by atoms with Crippen molar-refractivity contribution in [2.75, 3.05) is 0 Å². The van der Waals surface area contributed by atoms with Crippen LogP contribution in [0.4, 0.5) is 4.79 Å². The maximum absolute atomic E-state index is 12.3. The molecule has 0 bridgehead atoms. The molecule has 2 unspecified atom stereocenters. The average Bonchev–Trinajstić information content (AvgIpc) is 3.16. The van der Waals surface area contributed by atoms with Crippen LogP contribution in [-0.4, -0.2) is 22.6 Å². The fourth-order valence-corrected chi connectivity index (χ4v) is 4.73. The molecule has 2 aromatic rings. The van der Waals surface area contributed by atoms with Crippen molar-refractivity contribution in [3.8, 4) is 11.1 Å². The van der Waals surface area contributed by atoms with E-state index in [1.54, 1.807) is 5.41 Å². The molecule has 3 N–H and O–H groups in total. The molecule has 0 fully saturated rings. The first-order chi connectivity index (χ1) is 13.5. The molecule has 0 spiro atoms.